The number of H-pyrrole nitrogens is 1. The summed E-state index contributed by atoms with van der Waals surface area (Å²) in [6, 6.07) is 4.08. The maximum Gasteiger partial charge on any atom is 0.271 e. The number of amides is 1. The Balaban J connectivity index is 2.14. The van der Waals surface area contributed by atoms with Gasteiger partial charge in [-0.15, -0.1) is 0 Å². The first-order valence-electron chi connectivity index (χ1n) is 6.70. The zero-order chi connectivity index (χ0) is 14.3. The van der Waals surface area contributed by atoms with E-state index in [-0.39, 0.29) is 12.0 Å². The molecule has 20 heavy (non-hydrogen) atoms. The average molecular weight is 274 g/mol. The van der Waals surface area contributed by atoms with Gasteiger partial charge in [0.2, 0.25) is 0 Å². The number of aromatic amines is 1. The number of carbonyl (C=O) groups excluding carboxylic acids is 1. The normalized spacial score (nSPS) is 17.2. The fourth-order valence-corrected chi connectivity index (χ4v) is 2.34. The standard InChI is InChI=1S/C15H18N2O3/c1-8-4-5-9(2)12-11(8)14(20-7-10-6-19-10)13(17-12)15(18)16-3/h4-5,10,17H,6-7H2,1-3H3,(H,16,18). The van der Waals surface area contributed by atoms with E-state index in [9.17, 15) is 4.79 Å². The Hall–Kier alpha value is -2.01. The quantitative estimate of drug-likeness (QED) is 0.837. The summed E-state index contributed by atoms with van der Waals surface area (Å²) in [7, 11) is 1.61. The van der Waals surface area contributed by atoms with Crippen LogP contribution in [-0.4, -0.2) is 37.3 Å². The predicted molar refractivity (Wildman–Crippen MR) is 76.4 cm³/mol. The number of rotatable bonds is 4. The van der Waals surface area contributed by atoms with Crippen LogP contribution < -0.4 is 10.1 Å². The molecule has 1 amide bonds. The fraction of sp³-hybridized carbons (Fsp3) is 0.400. The van der Waals surface area contributed by atoms with Crippen LogP contribution in [-0.2, 0) is 4.74 Å². The van der Waals surface area contributed by atoms with Gasteiger partial charge in [-0.3, -0.25) is 4.79 Å². The molecule has 1 aromatic heterocycles. The molecule has 2 aromatic rings. The van der Waals surface area contributed by atoms with Crippen molar-refractivity contribution in [2.45, 2.75) is 20.0 Å². The minimum atomic E-state index is -0.174. The molecule has 5 heteroatoms. The lowest BCUT2D eigenvalue weighted by atomic mass is 10.1. The lowest BCUT2D eigenvalue weighted by molar-refractivity contribution is 0.0954. The number of fused-ring (bicyclic) bond motifs is 1. The molecule has 106 valence electrons. The zero-order valence-corrected chi connectivity index (χ0v) is 11.9. The fourth-order valence-electron chi connectivity index (χ4n) is 2.34. The van der Waals surface area contributed by atoms with Crippen molar-refractivity contribution in [1.29, 1.82) is 0 Å². The van der Waals surface area contributed by atoms with Crippen molar-refractivity contribution in [3.63, 3.8) is 0 Å². The highest BCUT2D eigenvalue weighted by Gasteiger charge is 2.26. The van der Waals surface area contributed by atoms with Crippen LogP contribution in [0.15, 0.2) is 12.1 Å². The van der Waals surface area contributed by atoms with Crippen LogP contribution >= 0.6 is 0 Å². The van der Waals surface area contributed by atoms with Gasteiger partial charge in [0, 0.05) is 12.4 Å². The van der Waals surface area contributed by atoms with E-state index in [1.807, 2.05) is 26.0 Å². The van der Waals surface area contributed by atoms with Crippen molar-refractivity contribution in [1.82, 2.24) is 10.3 Å². The second-order valence-electron chi connectivity index (χ2n) is 5.12. The highest BCUT2D eigenvalue weighted by Crippen LogP contribution is 2.35. The first-order valence-corrected chi connectivity index (χ1v) is 6.70. The summed E-state index contributed by atoms with van der Waals surface area (Å²) in [6.45, 7) is 5.24. The van der Waals surface area contributed by atoms with E-state index in [4.69, 9.17) is 9.47 Å². The third-order valence-corrected chi connectivity index (χ3v) is 3.60. The number of aromatic nitrogens is 1. The molecule has 1 fully saturated rings. The van der Waals surface area contributed by atoms with E-state index < -0.39 is 0 Å². The summed E-state index contributed by atoms with van der Waals surface area (Å²) in [5.74, 6) is 0.447. The Kier molecular flexibility index (Phi) is 3.14. The molecule has 2 heterocycles. The van der Waals surface area contributed by atoms with Crippen molar-refractivity contribution in [2.75, 3.05) is 20.3 Å². The van der Waals surface area contributed by atoms with Crippen LogP contribution in [0.5, 0.6) is 5.75 Å². The summed E-state index contributed by atoms with van der Waals surface area (Å²) in [5.41, 5.74) is 3.60. The van der Waals surface area contributed by atoms with Gasteiger partial charge in [0.1, 0.15) is 18.4 Å². The van der Waals surface area contributed by atoms with Gasteiger partial charge in [-0.2, -0.15) is 0 Å². The highest BCUT2D eigenvalue weighted by atomic mass is 16.6. The van der Waals surface area contributed by atoms with Crippen molar-refractivity contribution in [3.8, 4) is 5.75 Å². The van der Waals surface area contributed by atoms with Gasteiger partial charge in [-0.05, 0) is 25.0 Å². The molecule has 1 atom stereocenters. The summed E-state index contributed by atoms with van der Waals surface area (Å²) in [4.78, 5) is 15.2. The third kappa shape index (κ3) is 2.14. The van der Waals surface area contributed by atoms with Crippen LogP contribution in [0.25, 0.3) is 10.9 Å². The van der Waals surface area contributed by atoms with E-state index >= 15 is 0 Å². The number of hydrogen-bond donors (Lipinski definition) is 2. The maximum atomic E-state index is 12.0. The third-order valence-electron chi connectivity index (χ3n) is 3.60. The molecule has 0 radical (unpaired) electrons. The molecule has 0 aliphatic carbocycles. The number of aryl methyl sites for hydroxylation is 2. The van der Waals surface area contributed by atoms with Gasteiger partial charge in [0.15, 0.2) is 5.75 Å². The van der Waals surface area contributed by atoms with E-state index in [1.54, 1.807) is 7.05 Å². The van der Waals surface area contributed by atoms with Crippen molar-refractivity contribution in [2.24, 2.45) is 0 Å². The summed E-state index contributed by atoms with van der Waals surface area (Å²) >= 11 is 0. The van der Waals surface area contributed by atoms with E-state index in [0.717, 1.165) is 28.6 Å². The Morgan fingerprint density at radius 2 is 2.15 bits per heavy atom. The molecule has 1 aromatic carbocycles. The first-order chi connectivity index (χ1) is 9.61. The van der Waals surface area contributed by atoms with Crippen LogP contribution in [0.3, 0.4) is 0 Å². The van der Waals surface area contributed by atoms with Crippen molar-refractivity contribution in [3.05, 3.63) is 29.0 Å². The number of carbonyl (C=O) groups is 1. The summed E-state index contributed by atoms with van der Waals surface area (Å²) in [5, 5.41) is 3.62. The van der Waals surface area contributed by atoms with E-state index in [2.05, 4.69) is 10.3 Å². The second kappa shape index (κ2) is 4.83. The number of epoxide rings is 1. The van der Waals surface area contributed by atoms with Crippen molar-refractivity contribution < 1.29 is 14.3 Å². The van der Waals surface area contributed by atoms with Gasteiger partial charge < -0.3 is 19.8 Å². The molecular formula is C15H18N2O3. The molecule has 3 rings (SSSR count). The Morgan fingerprint density at radius 3 is 2.80 bits per heavy atom. The Morgan fingerprint density at radius 1 is 1.45 bits per heavy atom. The lowest BCUT2D eigenvalue weighted by Crippen LogP contribution is -2.19. The molecule has 5 nitrogen and oxygen atoms in total. The minimum Gasteiger partial charge on any atom is -0.488 e. The molecule has 1 aliphatic heterocycles. The SMILES string of the molecule is CNC(=O)c1[nH]c2c(C)ccc(C)c2c1OCC1CO1. The van der Waals surface area contributed by atoms with Crippen LogP contribution in [0.2, 0.25) is 0 Å². The highest BCUT2D eigenvalue weighted by molar-refractivity contribution is 6.05. The molecule has 1 aliphatic rings. The smallest absolute Gasteiger partial charge is 0.271 e. The topological polar surface area (TPSA) is 66.7 Å². The molecule has 1 unspecified atom stereocenters. The van der Waals surface area contributed by atoms with Crippen molar-refractivity contribution >= 4 is 16.8 Å². The van der Waals surface area contributed by atoms with Crippen LogP contribution in [0.4, 0.5) is 0 Å². The summed E-state index contributed by atoms with van der Waals surface area (Å²) in [6.07, 6.45) is 0.155. The Labute approximate surface area is 117 Å². The summed E-state index contributed by atoms with van der Waals surface area (Å²) < 4.78 is 11.0. The van der Waals surface area contributed by atoms with E-state index in [1.165, 1.54) is 0 Å². The van der Waals surface area contributed by atoms with Gasteiger partial charge in [-0.1, -0.05) is 12.1 Å². The van der Waals surface area contributed by atoms with Crippen LogP contribution in [0, 0.1) is 13.8 Å². The zero-order valence-electron chi connectivity index (χ0n) is 11.9. The number of benzene rings is 1. The first kappa shape index (κ1) is 13.0. The molecule has 0 saturated carbocycles. The predicted octanol–water partition coefficient (Wildman–Crippen LogP) is 1.92. The number of hydrogen-bond acceptors (Lipinski definition) is 3. The van der Waals surface area contributed by atoms with Crippen LogP contribution in [0.1, 0.15) is 21.6 Å². The molecule has 2 N–H and O–H groups in total. The monoisotopic (exact) mass is 274 g/mol. The number of ether oxygens (including phenoxy) is 2. The second-order valence-corrected chi connectivity index (χ2v) is 5.12. The average Bonchev–Trinajstić information content (AvgIpc) is 3.19. The van der Waals surface area contributed by atoms with Gasteiger partial charge in [0.05, 0.1) is 12.1 Å². The maximum absolute atomic E-state index is 12.0. The van der Waals surface area contributed by atoms with Gasteiger partial charge >= 0.3 is 0 Å². The minimum absolute atomic E-state index is 0.155. The molecule has 0 spiro atoms. The van der Waals surface area contributed by atoms with Gasteiger partial charge in [0.25, 0.3) is 5.91 Å². The van der Waals surface area contributed by atoms with Gasteiger partial charge in [-0.25, -0.2) is 0 Å². The molecule has 1 saturated heterocycles. The lowest BCUT2D eigenvalue weighted by Gasteiger charge is -2.07. The van der Waals surface area contributed by atoms with E-state index in [0.29, 0.717) is 18.1 Å². The largest absolute Gasteiger partial charge is 0.488 e. The number of nitrogens with one attached hydrogen (secondary N) is 2. The Bertz CT molecular complexity index is 671. The molecule has 0 bridgehead atoms. The molecular weight excluding hydrogens is 256 g/mol.